The van der Waals surface area contributed by atoms with Crippen molar-refractivity contribution in [3.8, 4) is 0 Å². The molecule has 1 fully saturated rings. The van der Waals surface area contributed by atoms with E-state index in [-0.39, 0.29) is 17.7 Å². The molecule has 2 aromatic rings. The minimum Gasteiger partial charge on any atom is -0.465 e. The number of hydrogen-bond donors (Lipinski definition) is 2. The highest BCUT2D eigenvalue weighted by molar-refractivity contribution is 7.15. The van der Waals surface area contributed by atoms with Crippen molar-refractivity contribution in [2.45, 2.75) is 63.8 Å². The summed E-state index contributed by atoms with van der Waals surface area (Å²) in [6, 6.07) is 4.20. The first-order chi connectivity index (χ1) is 15.6. The molecule has 2 aromatic heterocycles. The van der Waals surface area contributed by atoms with E-state index < -0.39 is 0 Å². The zero-order valence-corrected chi connectivity index (χ0v) is 19.5. The van der Waals surface area contributed by atoms with E-state index in [4.69, 9.17) is 4.42 Å². The van der Waals surface area contributed by atoms with Gasteiger partial charge in [0.25, 0.3) is 0 Å². The first-order valence-electron chi connectivity index (χ1n) is 11.6. The Morgan fingerprint density at radius 3 is 3.03 bits per heavy atom. The molecule has 0 radical (unpaired) electrons. The number of aromatic nitrogens is 1. The quantitative estimate of drug-likeness (QED) is 0.459. The fraction of sp³-hybridized carbons (Fsp3) is 0.542. The molecular weight excluding hydrogens is 424 g/mol. The number of nitrogens with zero attached hydrogens (tertiary/aromatic N) is 2. The maximum absolute atomic E-state index is 12.9. The Kier molecular flexibility index (Phi) is 7.76. The minimum atomic E-state index is -0.263. The van der Waals surface area contributed by atoms with Crippen LogP contribution >= 0.6 is 11.3 Å². The second-order valence-electron chi connectivity index (χ2n) is 8.64. The van der Waals surface area contributed by atoms with E-state index in [1.807, 2.05) is 0 Å². The fourth-order valence-electron chi connectivity index (χ4n) is 4.52. The summed E-state index contributed by atoms with van der Waals surface area (Å²) in [5, 5.41) is 6.48. The van der Waals surface area contributed by atoms with Crippen LogP contribution < -0.4 is 10.6 Å². The van der Waals surface area contributed by atoms with Crippen molar-refractivity contribution >= 4 is 34.4 Å². The van der Waals surface area contributed by atoms with Gasteiger partial charge in [0, 0.05) is 30.1 Å². The molecule has 2 unspecified atom stereocenters. The number of nitrogens with one attached hydrogen (secondary N) is 2. The summed E-state index contributed by atoms with van der Waals surface area (Å²) in [7, 11) is 0. The fourth-order valence-corrected chi connectivity index (χ4v) is 5.59. The van der Waals surface area contributed by atoms with Gasteiger partial charge in [-0.05, 0) is 70.2 Å². The number of furan rings is 1. The molecule has 1 saturated heterocycles. The lowest BCUT2D eigenvalue weighted by Crippen LogP contribution is -2.39. The van der Waals surface area contributed by atoms with Crippen LogP contribution in [-0.2, 0) is 16.0 Å². The number of rotatable bonds is 8. The molecule has 1 aliphatic carbocycles. The molecule has 1 aliphatic heterocycles. The Bertz CT molecular complexity index is 937. The zero-order valence-electron chi connectivity index (χ0n) is 18.6. The second kappa shape index (κ2) is 10.9. The SMILES string of the molecule is CC1CCCCN1CCCNC(=O)C1CCCc2sc(NC(=O)/C=C/c3ccco3)nc21. The standard InChI is InChI=1S/C24H32N4O3S/c1-17-7-2-3-14-28(17)15-6-13-25-23(30)19-9-4-10-20-22(19)27-24(32-20)26-21(29)12-11-18-8-5-16-31-18/h5,8,11-12,16-17,19H,2-4,6-7,9-10,13-15H2,1H3,(H,25,30)(H,26,27,29)/b12-11+. The van der Waals surface area contributed by atoms with Gasteiger partial charge in [-0.15, -0.1) is 11.3 Å². The Morgan fingerprint density at radius 2 is 2.22 bits per heavy atom. The zero-order chi connectivity index (χ0) is 22.3. The monoisotopic (exact) mass is 456 g/mol. The van der Waals surface area contributed by atoms with Crippen molar-refractivity contribution in [1.29, 1.82) is 0 Å². The number of anilines is 1. The lowest BCUT2D eigenvalue weighted by Gasteiger charge is -2.33. The smallest absolute Gasteiger partial charge is 0.250 e. The second-order valence-corrected chi connectivity index (χ2v) is 9.72. The van der Waals surface area contributed by atoms with Gasteiger partial charge in [-0.2, -0.15) is 0 Å². The number of fused-ring (bicyclic) bond motifs is 1. The minimum absolute atomic E-state index is 0.0542. The maximum Gasteiger partial charge on any atom is 0.250 e. The van der Waals surface area contributed by atoms with Crippen LogP contribution in [0.2, 0.25) is 0 Å². The van der Waals surface area contributed by atoms with E-state index >= 15 is 0 Å². The first-order valence-corrected chi connectivity index (χ1v) is 12.5. The number of likely N-dealkylation sites (tertiary alicyclic amines) is 1. The normalized spacial score (nSPS) is 21.4. The summed E-state index contributed by atoms with van der Waals surface area (Å²) >= 11 is 1.47. The van der Waals surface area contributed by atoms with Crippen LogP contribution in [0.15, 0.2) is 28.9 Å². The number of hydrogen-bond acceptors (Lipinski definition) is 6. The number of amides is 2. The van der Waals surface area contributed by atoms with Crippen molar-refractivity contribution in [1.82, 2.24) is 15.2 Å². The summed E-state index contributed by atoms with van der Waals surface area (Å²) in [6.07, 6.45) is 12.1. The molecule has 3 heterocycles. The molecule has 2 atom stereocenters. The van der Waals surface area contributed by atoms with Crippen molar-refractivity contribution in [2.24, 2.45) is 0 Å². The van der Waals surface area contributed by atoms with Gasteiger partial charge in [-0.1, -0.05) is 6.42 Å². The maximum atomic E-state index is 12.9. The van der Waals surface area contributed by atoms with Crippen LogP contribution in [0, 0.1) is 0 Å². The van der Waals surface area contributed by atoms with Gasteiger partial charge in [0.1, 0.15) is 5.76 Å². The summed E-state index contributed by atoms with van der Waals surface area (Å²) < 4.78 is 5.19. The number of aryl methyl sites for hydroxylation is 1. The van der Waals surface area contributed by atoms with E-state index in [1.54, 1.807) is 24.5 Å². The number of piperidine rings is 1. The van der Waals surface area contributed by atoms with Crippen molar-refractivity contribution in [3.63, 3.8) is 0 Å². The van der Waals surface area contributed by atoms with Gasteiger partial charge in [0.05, 0.1) is 17.9 Å². The van der Waals surface area contributed by atoms with Crippen molar-refractivity contribution < 1.29 is 14.0 Å². The average molecular weight is 457 g/mol. The molecule has 32 heavy (non-hydrogen) atoms. The number of thiazole rings is 1. The van der Waals surface area contributed by atoms with Crippen LogP contribution in [0.3, 0.4) is 0 Å². The van der Waals surface area contributed by atoms with E-state index in [2.05, 4.69) is 27.4 Å². The highest BCUT2D eigenvalue weighted by atomic mass is 32.1. The van der Waals surface area contributed by atoms with E-state index in [1.165, 1.54) is 43.2 Å². The van der Waals surface area contributed by atoms with Crippen molar-refractivity contribution in [3.05, 3.63) is 40.8 Å². The molecule has 0 aromatic carbocycles. The molecule has 172 valence electrons. The Morgan fingerprint density at radius 1 is 1.31 bits per heavy atom. The number of carbonyl (C=O) groups excluding carboxylic acids is 2. The molecule has 8 heteroatoms. The molecular formula is C24H32N4O3S. The lowest BCUT2D eigenvalue weighted by atomic mass is 9.90. The molecule has 0 bridgehead atoms. The largest absolute Gasteiger partial charge is 0.465 e. The van der Waals surface area contributed by atoms with Crippen LogP contribution in [0.5, 0.6) is 0 Å². The summed E-state index contributed by atoms with van der Waals surface area (Å²) in [6.45, 7) is 5.20. The summed E-state index contributed by atoms with van der Waals surface area (Å²) in [4.78, 5) is 33.3. The van der Waals surface area contributed by atoms with E-state index in [0.29, 0.717) is 23.5 Å². The van der Waals surface area contributed by atoms with Gasteiger partial charge >= 0.3 is 0 Å². The summed E-state index contributed by atoms with van der Waals surface area (Å²) in [5.41, 5.74) is 0.828. The van der Waals surface area contributed by atoms with E-state index in [0.717, 1.165) is 42.8 Å². The third kappa shape index (κ3) is 5.86. The third-order valence-electron chi connectivity index (χ3n) is 6.30. The lowest BCUT2D eigenvalue weighted by molar-refractivity contribution is -0.123. The van der Waals surface area contributed by atoms with Gasteiger partial charge in [0.2, 0.25) is 11.8 Å². The highest BCUT2D eigenvalue weighted by Crippen LogP contribution is 2.36. The first kappa shape index (κ1) is 22.7. The molecule has 7 nitrogen and oxygen atoms in total. The highest BCUT2D eigenvalue weighted by Gasteiger charge is 2.30. The van der Waals surface area contributed by atoms with Crippen molar-refractivity contribution in [2.75, 3.05) is 25.0 Å². The van der Waals surface area contributed by atoms with Gasteiger partial charge in [-0.25, -0.2) is 4.98 Å². The molecule has 2 aliphatic rings. The Balaban J connectivity index is 1.28. The number of carbonyl (C=O) groups is 2. The van der Waals surface area contributed by atoms with Crippen LogP contribution in [0.25, 0.3) is 6.08 Å². The average Bonchev–Trinajstić information content (AvgIpc) is 3.45. The van der Waals surface area contributed by atoms with Gasteiger partial charge < -0.3 is 14.6 Å². The predicted molar refractivity (Wildman–Crippen MR) is 127 cm³/mol. The van der Waals surface area contributed by atoms with Gasteiger partial charge in [-0.3, -0.25) is 14.9 Å². The predicted octanol–water partition coefficient (Wildman–Crippen LogP) is 4.19. The van der Waals surface area contributed by atoms with Crippen LogP contribution in [-0.4, -0.2) is 47.4 Å². The van der Waals surface area contributed by atoms with Gasteiger partial charge in [0.15, 0.2) is 5.13 Å². The summed E-state index contributed by atoms with van der Waals surface area (Å²) in [5.74, 6) is 0.178. The van der Waals surface area contributed by atoms with Crippen LogP contribution in [0.4, 0.5) is 5.13 Å². The molecule has 4 rings (SSSR count). The molecule has 0 saturated carbocycles. The Hall–Kier alpha value is -2.45. The molecule has 2 N–H and O–H groups in total. The van der Waals surface area contributed by atoms with Crippen LogP contribution in [0.1, 0.15) is 67.7 Å². The molecule has 2 amide bonds. The third-order valence-corrected chi connectivity index (χ3v) is 7.35. The topological polar surface area (TPSA) is 87.5 Å². The molecule has 0 spiro atoms. The van der Waals surface area contributed by atoms with E-state index in [9.17, 15) is 9.59 Å². The Labute approximate surface area is 193 Å².